The van der Waals surface area contributed by atoms with Crippen molar-refractivity contribution in [2.45, 2.75) is 31.4 Å². The lowest BCUT2D eigenvalue weighted by Crippen LogP contribution is -2.08. The normalized spacial score (nSPS) is 23.6. The van der Waals surface area contributed by atoms with Gasteiger partial charge in [0.05, 0.1) is 6.54 Å². The third-order valence-corrected chi connectivity index (χ3v) is 4.73. The highest BCUT2D eigenvalue weighted by molar-refractivity contribution is 8.15. The van der Waals surface area contributed by atoms with Crippen molar-refractivity contribution in [2.24, 2.45) is 10.9 Å². The van der Waals surface area contributed by atoms with E-state index < -0.39 is 0 Å². The summed E-state index contributed by atoms with van der Waals surface area (Å²) in [7, 11) is 0. The second-order valence-corrected chi connectivity index (χ2v) is 6.04. The van der Waals surface area contributed by atoms with E-state index >= 15 is 0 Å². The monoisotopic (exact) mass is 246 g/mol. The summed E-state index contributed by atoms with van der Waals surface area (Å²) in [5.41, 5.74) is 2.54. The molecular weight excluding hydrogens is 228 g/mol. The third-order valence-electron chi connectivity index (χ3n) is 3.44. The summed E-state index contributed by atoms with van der Waals surface area (Å²) < 4.78 is 0. The SMILES string of the molecule is CCc1ccc(NC2=NCC(C3CC3)S2)cc1. The maximum atomic E-state index is 4.58. The second kappa shape index (κ2) is 4.73. The lowest BCUT2D eigenvalue weighted by atomic mass is 10.1. The van der Waals surface area contributed by atoms with E-state index in [1.165, 1.54) is 18.4 Å². The topological polar surface area (TPSA) is 24.4 Å². The van der Waals surface area contributed by atoms with Crippen LogP contribution >= 0.6 is 11.8 Å². The first-order chi connectivity index (χ1) is 8.35. The van der Waals surface area contributed by atoms with Gasteiger partial charge in [0, 0.05) is 10.9 Å². The predicted molar refractivity (Wildman–Crippen MR) is 75.8 cm³/mol. The van der Waals surface area contributed by atoms with Crippen molar-refractivity contribution < 1.29 is 0 Å². The highest BCUT2D eigenvalue weighted by atomic mass is 32.2. The van der Waals surface area contributed by atoms with E-state index in [4.69, 9.17) is 0 Å². The number of hydrogen-bond acceptors (Lipinski definition) is 3. The molecule has 1 heterocycles. The number of amidine groups is 1. The van der Waals surface area contributed by atoms with Crippen LogP contribution in [0.25, 0.3) is 0 Å². The number of aryl methyl sites for hydroxylation is 1. The Bertz CT molecular complexity index is 420. The highest BCUT2D eigenvalue weighted by Crippen LogP contribution is 2.41. The minimum atomic E-state index is 0.743. The van der Waals surface area contributed by atoms with Gasteiger partial charge in [-0.25, -0.2) is 0 Å². The molecule has 1 aromatic carbocycles. The van der Waals surface area contributed by atoms with Crippen LogP contribution in [0.1, 0.15) is 25.3 Å². The Kier molecular flexibility index (Phi) is 3.10. The fraction of sp³-hybridized carbons (Fsp3) is 0.500. The van der Waals surface area contributed by atoms with Gasteiger partial charge in [-0.1, -0.05) is 30.8 Å². The van der Waals surface area contributed by atoms with Crippen molar-refractivity contribution in [3.8, 4) is 0 Å². The molecule has 2 aliphatic rings. The number of thioether (sulfide) groups is 1. The van der Waals surface area contributed by atoms with Crippen LogP contribution in [0, 0.1) is 5.92 Å². The molecule has 0 saturated heterocycles. The fourth-order valence-electron chi connectivity index (χ4n) is 2.12. The molecule has 1 aliphatic heterocycles. The summed E-state index contributed by atoms with van der Waals surface area (Å²) in [6.07, 6.45) is 3.91. The quantitative estimate of drug-likeness (QED) is 0.882. The van der Waals surface area contributed by atoms with Gasteiger partial charge in [-0.3, -0.25) is 4.99 Å². The van der Waals surface area contributed by atoms with Crippen LogP contribution in [0.3, 0.4) is 0 Å². The number of hydrogen-bond donors (Lipinski definition) is 1. The van der Waals surface area contributed by atoms with Gasteiger partial charge in [0.1, 0.15) is 0 Å². The molecule has 1 N–H and O–H groups in total. The average molecular weight is 246 g/mol. The van der Waals surface area contributed by atoms with Crippen LogP contribution < -0.4 is 5.32 Å². The Morgan fingerprint density at radius 2 is 2.06 bits per heavy atom. The summed E-state index contributed by atoms with van der Waals surface area (Å²) in [5, 5.41) is 5.26. The van der Waals surface area contributed by atoms with Crippen LogP contribution in [0.5, 0.6) is 0 Å². The summed E-state index contributed by atoms with van der Waals surface area (Å²) in [5.74, 6) is 0.936. The number of nitrogens with one attached hydrogen (secondary N) is 1. The first-order valence-electron chi connectivity index (χ1n) is 6.42. The molecule has 1 aromatic rings. The van der Waals surface area contributed by atoms with Crippen molar-refractivity contribution in [1.29, 1.82) is 0 Å². The lowest BCUT2D eigenvalue weighted by Gasteiger charge is -2.08. The van der Waals surface area contributed by atoms with E-state index in [1.54, 1.807) is 0 Å². The molecule has 3 heteroatoms. The molecule has 90 valence electrons. The van der Waals surface area contributed by atoms with Gasteiger partial charge in [0.15, 0.2) is 5.17 Å². The van der Waals surface area contributed by atoms with Crippen LogP contribution in [-0.4, -0.2) is 17.0 Å². The first-order valence-corrected chi connectivity index (χ1v) is 7.30. The van der Waals surface area contributed by atoms with Crippen molar-refractivity contribution in [3.05, 3.63) is 29.8 Å². The molecule has 0 amide bonds. The maximum absolute atomic E-state index is 4.58. The molecule has 0 bridgehead atoms. The van der Waals surface area contributed by atoms with Crippen molar-refractivity contribution in [3.63, 3.8) is 0 Å². The van der Waals surface area contributed by atoms with Crippen LogP contribution in [0.2, 0.25) is 0 Å². The van der Waals surface area contributed by atoms with Gasteiger partial charge in [-0.15, -0.1) is 0 Å². The molecule has 3 rings (SSSR count). The van der Waals surface area contributed by atoms with Crippen molar-refractivity contribution >= 4 is 22.6 Å². The van der Waals surface area contributed by atoms with Crippen molar-refractivity contribution in [1.82, 2.24) is 0 Å². The summed E-state index contributed by atoms with van der Waals surface area (Å²) in [6, 6.07) is 8.65. The number of anilines is 1. The summed E-state index contributed by atoms with van der Waals surface area (Å²) in [4.78, 5) is 4.58. The van der Waals surface area contributed by atoms with Crippen LogP contribution in [0.15, 0.2) is 29.3 Å². The Labute approximate surface area is 107 Å². The molecule has 1 unspecified atom stereocenters. The van der Waals surface area contributed by atoms with Gasteiger partial charge < -0.3 is 5.32 Å². The molecule has 0 spiro atoms. The zero-order valence-corrected chi connectivity index (χ0v) is 11.0. The zero-order valence-electron chi connectivity index (χ0n) is 10.1. The van der Waals surface area contributed by atoms with Gasteiger partial charge in [-0.2, -0.15) is 0 Å². The number of aliphatic imine (C=N–C) groups is 1. The molecule has 1 aliphatic carbocycles. The Morgan fingerprint density at radius 1 is 1.29 bits per heavy atom. The van der Waals surface area contributed by atoms with E-state index in [1.807, 2.05) is 11.8 Å². The summed E-state index contributed by atoms with van der Waals surface area (Å²) in [6.45, 7) is 3.18. The molecule has 2 nitrogen and oxygen atoms in total. The van der Waals surface area contributed by atoms with E-state index in [9.17, 15) is 0 Å². The fourth-order valence-corrected chi connectivity index (χ4v) is 3.35. The first kappa shape index (κ1) is 11.1. The van der Waals surface area contributed by atoms with Crippen LogP contribution in [-0.2, 0) is 6.42 Å². The zero-order chi connectivity index (χ0) is 11.7. The number of nitrogens with zero attached hydrogens (tertiary/aromatic N) is 1. The smallest absolute Gasteiger partial charge is 0.161 e. The Morgan fingerprint density at radius 3 is 2.71 bits per heavy atom. The third kappa shape index (κ3) is 2.65. The molecule has 1 fully saturated rings. The second-order valence-electron chi connectivity index (χ2n) is 4.82. The Balaban J connectivity index is 1.59. The molecule has 0 aromatic heterocycles. The van der Waals surface area contributed by atoms with Crippen LogP contribution in [0.4, 0.5) is 5.69 Å². The average Bonchev–Trinajstić information content (AvgIpc) is 3.12. The Hall–Kier alpha value is -0.960. The maximum Gasteiger partial charge on any atom is 0.161 e. The van der Waals surface area contributed by atoms with Gasteiger partial charge >= 0.3 is 0 Å². The van der Waals surface area contributed by atoms with Gasteiger partial charge in [0.2, 0.25) is 0 Å². The molecule has 0 radical (unpaired) electrons. The predicted octanol–water partition coefficient (Wildman–Crippen LogP) is 3.54. The molecule has 17 heavy (non-hydrogen) atoms. The van der Waals surface area contributed by atoms with Gasteiger partial charge in [0.25, 0.3) is 0 Å². The van der Waals surface area contributed by atoms with E-state index in [2.05, 4.69) is 41.5 Å². The van der Waals surface area contributed by atoms with Gasteiger partial charge in [-0.05, 0) is 42.9 Å². The lowest BCUT2D eigenvalue weighted by molar-refractivity contribution is 0.773. The standard InChI is InChI=1S/C14H18N2S/c1-2-10-3-7-12(8-4-10)16-14-15-9-13(17-14)11-5-6-11/h3-4,7-8,11,13H,2,5-6,9H2,1H3,(H,15,16). The number of benzene rings is 1. The summed E-state index contributed by atoms with van der Waals surface area (Å²) >= 11 is 1.92. The van der Waals surface area contributed by atoms with Crippen molar-refractivity contribution in [2.75, 3.05) is 11.9 Å². The molecule has 1 atom stereocenters. The molecule has 1 saturated carbocycles. The largest absolute Gasteiger partial charge is 0.335 e. The number of rotatable bonds is 3. The highest BCUT2D eigenvalue weighted by Gasteiger charge is 2.35. The van der Waals surface area contributed by atoms with E-state index in [0.717, 1.165) is 35.0 Å². The molecular formula is C14H18N2S. The minimum absolute atomic E-state index is 0.743. The minimum Gasteiger partial charge on any atom is -0.335 e. The van der Waals surface area contributed by atoms with E-state index in [0.29, 0.717) is 0 Å². The van der Waals surface area contributed by atoms with E-state index in [-0.39, 0.29) is 0 Å².